The molecule has 0 saturated carbocycles. The molecule has 1 aromatic heterocycles. The number of aromatic nitrogens is 1. The highest BCUT2D eigenvalue weighted by Crippen LogP contribution is 2.10. The Balaban J connectivity index is 1.40. The van der Waals surface area contributed by atoms with E-state index in [0.717, 1.165) is 39.3 Å². The number of rotatable bonds is 6. The summed E-state index contributed by atoms with van der Waals surface area (Å²) in [4.78, 5) is 16.9. The lowest BCUT2D eigenvalue weighted by molar-refractivity contribution is -0.133. The van der Waals surface area contributed by atoms with E-state index in [4.69, 9.17) is 0 Å². The van der Waals surface area contributed by atoms with E-state index in [0.29, 0.717) is 6.42 Å². The summed E-state index contributed by atoms with van der Waals surface area (Å²) in [5.41, 5.74) is 3.69. The van der Waals surface area contributed by atoms with E-state index in [2.05, 4.69) is 71.9 Å². The molecule has 2 heterocycles. The average molecular weight is 351 g/mol. The fourth-order valence-electron chi connectivity index (χ4n) is 3.50. The van der Waals surface area contributed by atoms with Crippen molar-refractivity contribution in [3.8, 4) is 0 Å². The van der Waals surface area contributed by atoms with Gasteiger partial charge < -0.3 is 9.47 Å². The number of benzene rings is 1. The van der Waals surface area contributed by atoms with Gasteiger partial charge >= 0.3 is 0 Å². The summed E-state index contributed by atoms with van der Waals surface area (Å²) in [5.74, 6) is 0.275. The molecule has 0 atom stereocenters. The third kappa shape index (κ3) is 4.85. The number of carbonyl (C=O) groups is 1. The Morgan fingerprint density at radius 2 is 1.62 bits per heavy atom. The van der Waals surface area contributed by atoms with Crippen LogP contribution in [-0.2, 0) is 11.3 Å². The lowest BCUT2D eigenvalue weighted by Crippen LogP contribution is -2.48. The van der Waals surface area contributed by atoms with Crippen LogP contribution in [0.4, 0.5) is 0 Å². The molecule has 1 saturated heterocycles. The molecule has 0 bridgehead atoms. The van der Waals surface area contributed by atoms with Crippen LogP contribution in [0.25, 0.3) is 6.08 Å². The Morgan fingerprint density at radius 1 is 0.962 bits per heavy atom. The maximum absolute atomic E-state index is 12.5. The van der Waals surface area contributed by atoms with Crippen LogP contribution in [0.3, 0.4) is 0 Å². The van der Waals surface area contributed by atoms with Gasteiger partial charge in [0.15, 0.2) is 0 Å². The van der Waals surface area contributed by atoms with Crippen LogP contribution < -0.4 is 0 Å². The van der Waals surface area contributed by atoms with Gasteiger partial charge in [-0.2, -0.15) is 0 Å². The molecular formula is C22H29N3O. The molecule has 2 aromatic rings. The Bertz CT molecular complexity index is 721. The minimum Gasteiger partial charge on any atom is -0.349 e. The van der Waals surface area contributed by atoms with Crippen LogP contribution in [0.2, 0.25) is 0 Å². The molecule has 1 aliphatic heterocycles. The van der Waals surface area contributed by atoms with Gasteiger partial charge in [0.1, 0.15) is 0 Å². The maximum Gasteiger partial charge on any atom is 0.224 e. The number of hydrogen-bond acceptors (Lipinski definition) is 2. The number of piperazine rings is 1. The lowest BCUT2D eigenvalue weighted by atomic mass is 10.2. The van der Waals surface area contributed by atoms with E-state index in [1.54, 1.807) is 0 Å². The van der Waals surface area contributed by atoms with Crippen molar-refractivity contribution in [2.24, 2.45) is 0 Å². The molecule has 1 aromatic carbocycles. The van der Waals surface area contributed by atoms with Crippen LogP contribution in [0, 0.1) is 13.8 Å². The summed E-state index contributed by atoms with van der Waals surface area (Å²) in [6.45, 7) is 9.49. The van der Waals surface area contributed by atoms with E-state index < -0.39 is 0 Å². The minimum absolute atomic E-state index is 0.275. The SMILES string of the molecule is Cc1ccc(C)n1CCC(=O)N1CCN(CC=Cc2ccccc2)CC1. The normalized spacial score (nSPS) is 15.7. The van der Waals surface area contributed by atoms with Crippen LogP contribution in [0.1, 0.15) is 23.4 Å². The Morgan fingerprint density at radius 3 is 2.27 bits per heavy atom. The third-order valence-electron chi connectivity index (χ3n) is 5.16. The average Bonchev–Trinajstić information content (AvgIpc) is 2.99. The second-order valence-corrected chi connectivity index (χ2v) is 7.01. The summed E-state index contributed by atoms with van der Waals surface area (Å²) in [7, 11) is 0. The molecule has 3 rings (SSSR count). The number of nitrogens with zero attached hydrogens (tertiary/aromatic N) is 3. The molecule has 26 heavy (non-hydrogen) atoms. The first-order valence-electron chi connectivity index (χ1n) is 9.48. The van der Waals surface area contributed by atoms with Crippen LogP contribution in [0.15, 0.2) is 48.5 Å². The molecule has 1 aliphatic rings. The van der Waals surface area contributed by atoms with Gasteiger partial charge in [-0.05, 0) is 31.5 Å². The molecule has 4 nitrogen and oxygen atoms in total. The zero-order chi connectivity index (χ0) is 18.4. The predicted octanol–water partition coefficient (Wildman–Crippen LogP) is 3.35. The number of amides is 1. The van der Waals surface area contributed by atoms with Gasteiger partial charge in [0.25, 0.3) is 0 Å². The zero-order valence-electron chi connectivity index (χ0n) is 15.9. The number of carbonyl (C=O) groups excluding carboxylic acids is 1. The van der Waals surface area contributed by atoms with Gasteiger partial charge in [0.2, 0.25) is 5.91 Å². The van der Waals surface area contributed by atoms with Gasteiger partial charge in [-0.15, -0.1) is 0 Å². The fraction of sp³-hybridized carbons (Fsp3) is 0.409. The van der Waals surface area contributed by atoms with Gasteiger partial charge in [-0.1, -0.05) is 42.5 Å². The first-order valence-corrected chi connectivity index (χ1v) is 9.48. The first-order chi connectivity index (χ1) is 12.6. The standard InChI is InChI=1S/C22H29N3O/c1-19-10-11-20(2)25(19)14-12-22(26)24-17-15-23(16-18-24)13-6-9-21-7-4-3-5-8-21/h3-11H,12-18H2,1-2H3. The van der Waals surface area contributed by atoms with E-state index in [9.17, 15) is 4.79 Å². The van der Waals surface area contributed by atoms with Crippen molar-refractivity contribution in [3.63, 3.8) is 0 Å². The van der Waals surface area contributed by atoms with Crippen molar-refractivity contribution >= 4 is 12.0 Å². The predicted molar refractivity (Wildman–Crippen MR) is 107 cm³/mol. The van der Waals surface area contributed by atoms with Gasteiger partial charge in [-0.3, -0.25) is 9.69 Å². The van der Waals surface area contributed by atoms with Crippen molar-refractivity contribution in [1.29, 1.82) is 0 Å². The zero-order valence-corrected chi connectivity index (χ0v) is 15.9. The van der Waals surface area contributed by atoms with Crippen LogP contribution in [0.5, 0.6) is 0 Å². The van der Waals surface area contributed by atoms with Crippen molar-refractivity contribution in [3.05, 3.63) is 65.5 Å². The number of aryl methyl sites for hydroxylation is 2. The topological polar surface area (TPSA) is 28.5 Å². The van der Waals surface area contributed by atoms with Crippen LogP contribution >= 0.6 is 0 Å². The summed E-state index contributed by atoms with van der Waals surface area (Å²) in [6.07, 6.45) is 4.97. The number of hydrogen-bond donors (Lipinski definition) is 0. The molecule has 4 heteroatoms. The third-order valence-corrected chi connectivity index (χ3v) is 5.16. The Kier molecular flexibility index (Phi) is 6.29. The molecule has 138 valence electrons. The van der Waals surface area contributed by atoms with E-state index in [1.807, 2.05) is 11.0 Å². The van der Waals surface area contributed by atoms with Crippen molar-refractivity contribution < 1.29 is 4.79 Å². The summed E-state index contributed by atoms with van der Waals surface area (Å²) < 4.78 is 2.22. The molecule has 0 spiro atoms. The Labute approximate surface area is 156 Å². The molecule has 1 fully saturated rings. The van der Waals surface area contributed by atoms with Crippen molar-refractivity contribution in [1.82, 2.24) is 14.4 Å². The highest BCUT2D eigenvalue weighted by atomic mass is 16.2. The second kappa shape index (κ2) is 8.86. The molecule has 0 aliphatic carbocycles. The summed E-state index contributed by atoms with van der Waals surface area (Å²) in [6, 6.07) is 14.6. The highest BCUT2D eigenvalue weighted by molar-refractivity contribution is 5.76. The second-order valence-electron chi connectivity index (χ2n) is 7.01. The van der Waals surface area contributed by atoms with E-state index in [-0.39, 0.29) is 5.91 Å². The quantitative estimate of drug-likeness (QED) is 0.798. The van der Waals surface area contributed by atoms with Gasteiger partial charge in [-0.25, -0.2) is 0 Å². The summed E-state index contributed by atoms with van der Waals surface area (Å²) in [5, 5.41) is 0. The van der Waals surface area contributed by atoms with Crippen molar-refractivity contribution in [2.45, 2.75) is 26.8 Å². The highest BCUT2D eigenvalue weighted by Gasteiger charge is 2.20. The van der Waals surface area contributed by atoms with Crippen LogP contribution in [-0.4, -0.2) is 53.0 Å². The lowest BCUT2D eigenvalue weighted by Gasteiger charge is -2.34. The van der Waals surface area contributed by atoms with Crippen molar-refractivity contribution in [2.75, 3.05) is 32.7 Å². The monoisotopic (exact) mass is 351 g/mol. The molecule has 0 unspecified atom stereocenters. The van der Waals surface area contributed by atoms with Gasteiger partial charge in [0, 0.05) is 57.1 Å². The van der Waals surface area contributed by atoms with E-state index in [1.165, 1.54) is 17.0 Å². The molecule has 0 N–H and O–H groups in total. The van der Waals surface area contributed by atoms with Gasteiger partial charge in [0.05, 0.1) is 0 Å². The molecule has 1 amide bonds. The minimum atomic E-state index is 0.275. The first kappa shape index (κ1) is 18.5. The fourth-order valence-corrected chi connectivity index (χ4v) is 3.50. The summed E-state index contributed by atoms with van der Waals surface area (Å²) >= 11 is 0. The molecule has 0 radical (unpaired) electrons. The maximum atomic E-state index is 12.5. The largest absolute Gasteiger partial charge is 0.349 e. The molecular weight excluding hydrogens is 322 g/mol. The smallest absolute Gasteiger partial charge is 0.224 e. The Hall–Kier alpha value is -2.33. The van der Waals surface area contributed by atoms with E-state index >= 15 is 0 Å².